The van der Waals surface area contributed by atoms with Gasteiger partial charge in [0, 0.05) is 40.5 Å². The van der Waals surface area contributed by atoms with Gasteiger partial charge in [-0.3, -0.25) is 14.6 Å². The molecule has 2 amide bonds. The third-order valence-electron chi connectivity index (χ3n) is 5.80. The molecule has 3 aromatic rings. The molecule has 3 heterocycles. The standard InChI is InChI=1S/C25H21F3N6O2/c1-13-6-20(23(36)34-18-11-30-24(31-12-18)25(26,27)28)19-8-15(4-5-21(19)32-13)16-7-17(10-29-9-16)33-22(35)14-2-3-14/h4-14,32H,2-3H2,1H3,(H,33,35)(H,34,36). The number of rotatable bonds is 5. The predicted octanol–water partition coefficient (Wildman–Crippen LogP) is 4.74. The fourth-order valence-electron chi connectivity index (χ4n) is 3.89. The molecule has 0 radical (unpaired) electrons. The third kappa shape index (κ3) is 5.04. The van der Waals surface area contributed by atoms with Gasteiger partial charge in [0.15, 0.2) is 0 Å². The Bertz CT molecular complexity index is 1370. The molecule has 2 aromatic heterocycles. The van der Waals surface area contributed by atoms with Gasteiger partial charge in [-0.15, -0.1) is 0 Å². The van der Waals surface area contributed by atoms with E-state index in [0.29, 0.717) is 16.8 Å². The van der Waals surface area contributed by atoms with Gasteiger partial charge in [-0.2, -0.15) is 13.2 Å². The average Bonchev–Trinajstić information content (AvgIpc) is 3.69. The number of nitrogens with one attached hydrogen (secondary N) is 3. The second kappa shape index (κ2) is 9.06. The Hall–Kier alpha value is -4.28. The lowest BCUT2D eigenvalue weighted by molar-refractivity contribution is -0.145. The molecule has 0 bridgehead atoms. The number of aromatic nitrogens is 3. The molecule has 0 saturated heterocycles. The van der Waals surface area contributed by atoms with Gasteiger partial charge < -0.3 is 16.0 Å². The number of benzene rings is 1. The molecule has 36 heavy (non-hydrogen) atoms. The molecule has 1 fully saturated rings. The summed E-state index contributed by atoms with van der Waals surface area (Å²) >= 11 is 0. The highest BCUT2D eigenvalue weighted by Gasteiger charge is 2.34. The minimum atomic E-state index is -4.67. The first-order chi connectivity index (χ1) is 17.2. The largest absolute Gasteiger partial charge is 0.451 e. The molecule has 5 rings (SSSR count). The first-order valence-corrected chi connectivity index (χ1v) is 11.3. The van der Waals surface area contributed by atoms with Gasteiger partial charge in [-0.25, -0.2) is 9.97 Å². The van der Waals surface area contributed by atoms with Crippen molar-refractivity contribution < 1.29 is 22.8 Å². The Morgan fingerprint density at radius 2 is 1.72 bits per heavy atom. The minimum Gasteiger partial charge on any atom is -0.379 e. The highest BCUT2D eigenvalue weighted by molar-refractivity contribution is 6.27. The van der Waals surface area contributed by atoms with E-state index in [1.54, 1.807) is 18.5 Å². The van der Waals surface area contributed by atoms with Gasteiger partial charge in [0.25, 0.3) is 5.91 Å². The number of nitrogens with zero attached hydrogens (tertiary/aromatic N) is 3. The highest BCUT2D eigenvalue weighted by Crippen LogP contribution is 2.35. The van der Waals surface area contributed by atoms with E-state index in [-0.39, 0.29) is 23.6 Å². The summed E-state index contributed by atoms with van der Waals surface area (Å²) < 4.78 is 38.2. The topological polar surface area (TPSA) is 109 Å². The Kier molecular flexibility index (Phi) is 5.91. The summed E-state index contributed by atoms with van der Waals surface area (Å²) in [6.07, 6.45) is 3.93. The molecule has 1 aromatic carbocycles. The summed E-state index contributed by atoms with van der Waals surface area (Å²) in [6.45, 7) is 1.88. The van der Waals surface area contributed by atoms with Gasteiger partial charge in [0.2, 0.25) is 11.7 Å². The van der Waals surface area contributed by atoms with E-state index in [2.05, 4.69) is 30.9 Å². The zero-order chi connectivity index (χ0) is 25.4. The fourth-order valence-corrected chi connectivity index (χ4v) is 3.89. The second-order valence-electron chi connectivity index (χ2n) is 8.75. The summed E-state index contributed by atoms with van der Waals surface area (Å²) in [5, 5.41) is 8.74. The molecule has 11 heteroatoms. The number of fused-ring (bicyclic) bond motifs is 1. The van der Waals surface area contributed by atoms with Crippen molar-refractivity contribution in [2.45, 2.75) is 32.0 Å². The van der Waals surface area contributed by atoms with Crippen LogP contribution in [0.4, 0.5) is 30.2 Å². The summed E-state index contributed by atoms with van der Waals surface area (Å²) in [4.78, 5) is 36.0. The Balaban J connectivity index is 1.40. The van der Waals surface area contributed by atoms with Crippen LogP contribution in [0.25, 0.3) is 16.7 Å². The lowest BCUT2D eigenvalue weighted by atomic mass is 9.93. The van der Waals surface area contributed by atoms with Crippen molar-refractivity contribution in [1.82, 2.24) is 15.0 Å². The normalized spacial score (nSPS) is 16.9. The smallest absolute Gasteiger partial charge is 0.379 e. The predicted molar refractivity (Wildman–Crippen MR) is 128 cm³/mol. The first-order valence-electron chi connectivity index (χ1n) is 11.3. The quantitative estimate of drug-likeness (QED) is 0.473. The molecule has 1 unspecified atom stereocenters. The summed E-state index contributed by atoms with van der Waals surface area (Å²) in [7, 11) is 0. The number of anilines is 3. The van der Waals surface area contributed by atoms with Crippen LogP contribution in [-0.4, -0.2) is 32.8 Å². The Morgan fingerprint density at radius 3 is 2.42 bits per heavy atom. The SMILES string of the molecule is CC1C=C(C(=O)Nc2cnc(C(F)(F)F)nc2)c2cc(-c3cncc(NC(=O)C4CC4)c3)ccc2N1. The summed E-state index contributed by atoms with van der Waals surface area (Å²) in [6, 6.07) is 7.21. The van der Waals surface area contributed by atoms with E-state index >= 15 is 0 Å². The number of halogens is 3. The fraction of sp³-hybridized carbons (Fsp3) is 0.240. The summed E-state index contributed by atoms with van der Waals surface area (Å²) in [5.41, 5.74) is 3.85. The van der Waals surface area contributed by atoms with Crippen LogP contribution in [0.2, 0.25) is 0 Å². The number of carbonyl (C=O) groups excluding carboxylic acids is 2. The molecule has 8 nitrogen and oxygen atoms in total. The monoisotopic (exact) mass is 494 g/mol. The van der Waals surface area contributed by atoms with Crippen LogP contribution in [0.3, 0.4) is 0 Å². The van der Waals surface area contributed by atoms with Crippen LogP contribution in [0.15, 0.2) is 55.1 Å². The van der Waals surface area contributed by atoms with Crippen molar-refractivity contribution >= 4 is 34.4 Å². The first kappa shape index (κ1) is 23.5. The van der Waals surface area contributed by atoms with Crippen molar-refractivity contribution in [1.29, 1.82) is 0 Å². The van der Waals surface area contributed by atoms with Gasteiger partial charge >= 0.3 is 6.18 Å². The maximum atomic E-state index is 13.1. The number of carbonyl (C=O) groups is 2. The molecule has 184 valence electrons. The number of alkyl halides is 3. The highest BCUT2D eigenvalue weighted by atomic mass is 19.4. The number of pyridine rings is 1. The van der Waals surface area contributed by atoms with Gasteiger partial charge in [-0.05, 0) is 49.6 Å². The maximum absolute atomic E-state index is 13.1. The Morgan fingerprint density at radius 1 is 0.972 bits per heavy atom. The van der Waals surface area contributed by atoms with Crippen LogP contribution >= 0.6 is 0 Å². The molecule has 1 saturated carbocycles. The van der Waals surface area contributed by atoms with E-state index in [4.69, 9.17) is 0 Å². The van der Waals surface area contributed by atoms with Crippen molar-refractivity contribution in [2.75, 3.05) is 16.0 Å². The van der Waals surface area contributed by atoms with Crippen molar-refractivity contribution in [3.63, 3.8) is 0 Å². The van der Waals surface area contributed by atoms with E-state index < -0.39 is 17.9 Å². The van der Waals surface area contributed by atoms with Crippen LogP contribution in [-0.2, 0) is 15.8 Å². The Labute approximate surface area is 204 Å². The van der Waals surface area contributed by atoms with E-state index in [0.717, 1.165) is 42.0 Å². The van der Waals surface area contributed by atoms with E-state index in [1.807, 2.05) is 31.2 Å². The van der Waals surface area contributed by atoms with Crippen LogP contribution < -0.4 is 16.0 Å². The molecular formula is C25H21F3N6O2. The lowest BCUT2D eigenvalue weighted by Crippen LogP contribution is -2.24. The van der Waals surface area contributed by atoms with Crippen molar-refractivity contribution in [3.8, 4) is 11.1 Å². The molecule has 1 aliphatic carbocycles. The van der Waals surface area contributed by atoms with Gasteiger partial charge in [-0.1, -0.05) is 6.07 Å². The average molecular weight is 494 g/mol. The maximum Gasteiger partial charge on any atom is 0.451 e. The number of hydrogen-bond acceptors (Lipinski definition) is 6. The van der Waals surface area contributed by atoms with E-state index in [9.17, 15) is 22.8 Å². The van der Waals surface area contributed by atoms with E-state index in [1.165, 1.54) is 0 Å². The van der Waals surface area contributed by atoms with Gasteiger partial charge in [0.05, 0.1) is 30.0 Å². The number of amides is 2. The molecule has 1 atom stereocenters. The zero-order valence-electron chi connectivity index (χ0n) is 19.1. The van der Waals surface area contributed by atoms with Crippen LogP contribution in [0.1, 0.15) is 31.2 Å². The summed E-state index contributed by atoms with van der Waals surface area (Å²) in [5.74, 6) is -1.75. The molecule has 3 N–H and O–H groups in total. The molecule has 0 spiro atoms. The third-order valence-corrected chi connectivity index (χ3v) is 5.80. The van der Waals surface area contributed by atoms with Gasteiger partial charge in [0.1, 0.15) is 0 Å². The zero-order valence-corrected chi connectivity index (χ0v) is 19.1. The van der Waals surface area contributed by atoms with Crippen molar-refractivity contribution in [3.05, 3.63) is 66.5 Å². The van der Waals surface area contributed by atoms with Crippen LogP contribution in [0, 0.1) is 5.92 Å². The second-order valence-corrected chi connectivity index (χ2v) is 8.75. The molecule has 2 aliphatic rings. The minimum absolute atomic E-state index is 0.0216. The lowest BCUT2D eigenvalue weighted by Gasteiger charge is -2.24. The van der Waals surface area contributed by atoms with Crippen LogP contribution in [0.5, 0.6) is 0 Å². The molecule has 1 aliphatic heterocycles. The van der Waals surface area contributed by atoms with Crippen molar-refractivity contribution in [2.24, 2.45) is 5.92 Å². The molecular weight excluding hydrogens is 473 g/mol. The number of hydrogen-bond donors (Lipinski definition) is 3.